The van der Waals surface area contributed by atoms with E-state index in [2.05, 4.69) is 0 Å². The number of furan rings is 1. The maximum absolute atomic E-state index is 14.0. The van der Waals surface area contributed by atoms with Crippen LogP contribution in [-0.2, 0) is 29.5 Å². The molecule has 0 spiro atoms. The Hall–Kier alpha value is -4.93. The van der Waals surface area contributed by atoms with Crippen molar-refractivity contribution < 1.29 is 37.2 Å². The zero-order chi connectivity index (χ0) is 32.6. The first kappa shape index (κ1) is 32.0. The van der Waals surface area contributed by atoms with E-state index in [1.807, 2.05) is 6.07 Å². The number of benzene rings is 3. The van der Waals surface area contributed by atoms with Crippen molar-refractivity contribution in [1.82, 2.24) is 4.90 Å². The summed E-state index contributed by atoms with van der Waals surface area (Å²) in [5, 5.41) is 21.4. The fourth-order valence-electron chi connectivity index (χ4n) is 5.18. The minimum atomic E-state index is -4.70. The predicted molar refractivity (Wildman–Crippen MR) is 157 cm³/mol. The van der Waals surface area contributed by atoms with Gasteiger partial charge >= 0.3 is 12.1 Å². The van der Waals surface area contributed by atoms with Crippen molar-refractivity contribution in [1.29, 1.82) is 0 Å². The highest BCUT2D eigenvalue weighted by molar-refractivity contribution is 5.98. The van der Waals surface area contributed by atoms with E-state index in [4.69, 9.17) is 4.42 Å². The molecule has 1 N–H and O–H groups in total. The van der Waals surface area contributed by atoms with Crippen LogP contribution in [0.4, 0.5) is 18.9 Å². The number of hydrogen-bond acceptors (Lipinski definition) is 5. The molecule has 0 fully saturated rings. The number of amides is 1. The van der Waals surface area contributed by atoms with Crippen LogP contribution in [0.25, 0.3) is 11.1 Å². The second kappa shape index (κ2) is 12.0. The van der Waals surface area contributed by atoms with Gasteiger partial charge in [0.1, 0.15) is 5.76 Å². The lowest BCUT2D eigenvalue weighted by Crippen LogP contribution is -2.31. The second-order valence-corrected chi connectivity index (χ2v) is 11.2. The van der Waals surface area contributed by atoms with Gasteiger partial charge in [-0.25, -0.2) is 0 Å². The molecule has 0 aliphatic rings. The van der Waals surface area contributed by atoms with E-state index in [-0.39, 0.29) is 35.7 Å². The predicted octanol–water partition coefficient (Wildman–Crippen LogP) is 8.00. The van der Waals surface area contributed by atoms with E-state index in [1.165, 1.54) is 11.8 Å². The maximum Gasteiger partial charge on any atom is 0.449 e. The molecule has 0 aliphatic heterocycles. The smallest absolute Gasteiger partial charge is 0.449 e. The number of hydrogen-bond donors (Lipinski definition) is 1. The Morgan fingerprint density at radius 1 is 0.909 bits per heavy atom. The summed E-state index contributed by atoms with van der Waals surface area (Å²) in [5.41, 5.74) is 2.68. The number of rotatable bonds is 9. The molecule has 0 radical (unpaired) electrons. The Morgan fingerprint density at radius 3 is 2.14 bits per heavy atom. The van der Waals surface area contributed by atoms with Gasteiger partial charge in [-0.3, -0.25) is 19.7 Å². The first-order valence-corrected chi connectivity index (χ1v) is 13.6. The monoisotopic (exact) mass is 608 g/mol. The molecule has 0 atom stereocenters. The molecule has 0 unspecified atom stereocenters. The molecule has 8 nitrogen and oxygen atoms in total. The molecule has 1 heterocycles. The van der Waals surface area contributed by atoms with E-state index in [9.17, 15) is 38.0 Å². The van der Waals surface area contributed by atoms with Crippen molar-refractivity contribution in [2.24, 2.45) is 0 Å². The molecule has 3 aromatic carbocycles. The number of carbonyl (C=O) groups excluding carboxylic acids is 1. The third-order valence-corrected chi connectivity index (χ3v) is 7.68. The van der Waals surface area contributed by atoms with Gasteiger partial charge in [-0.05, 0) is 80.6 Å². The number of nitro benzene ring substituents is 1. The highest BCUT2D eigenvalue weighted by Crippen LogP contribution is 2.33. The molecule has 4 rings (SSSR count). The van der Waals surface area contributed by atoms with Crippen LogP contribution in [0.3, 0.4) is 0 Å². The summed E-state index contributed by atoms with van der Waals surface area (Å²) in [5.74, 6) is -2.85. The molecule has 0 saturated heterocycles. The number of alkyl halides is 3. The molecule has 0 saturated carbocycles. The van der Waals surface area contributed by atoms with Gasteiger partial charge in [0.15, 0.2) is 0 Å². The Balaban J connectivity index is 1.70. The maximum atomic E-state index is 14.0. The number of nitrogens with zero attached hydrogens (tertiary/aromatic N) is 2. The van der Waals surface area contributed by atoms with Crippen LogP contribution >= 0.6 is 0 Å². The fourth-order valence-corrected chi connectivity index (χ4v) is 5.18. The lowest BCUT2D eigenvalue weighted by atomic mass is 9.83. The van der Waals surface area contributed by atoms with Gasteiger partial charge in [0.25, 0.3) is 11.6 Å². The molecule has 0 bridgehead atoms. The van der Waals surface area contributed by atoms with Crippen molar-refractivity contribution >= 4 is 17.6 Å². The Bertz CT molecular complexity index is 1740. The normalized spacial score (nSPS) is 11.8. The summed E-state index contributed by atoms with van der Waals surface area (Å²) in [4.78, 5) is 38.2. The van der Waals surface area contributed by atoms with Crippen LogP contribution in [0, 0.1) is 30.9 Å². The molecule has 1 amide bonds. The van der Waals surface area contributed by atoms with Crippen molar-refractivity contribution in [3.05, 3.63) is 122 Å². The van der Waals surface area contributed by atoms with Crippen LogP contribution in [0.15, 0.2) is 71.1 Å². The molecule has 11 heteroatoms. The number of nitro groups is 1. The van der Waals surface area contributed by atoms with Crippen LogP contribution < -0.4 is 0 Å². The van der Waals surface area contributed by atoms with Crippen molar-refractivity contribution in [2.45, 2.75) is 59.3 Å². The SMILES string of the molecule is Cc1cc(C)c([N+](=O)[O-])c(C)c1C(=O)N(Cc1ccc(-c2cccc(C(C)(C)C(=O)O)c2)cc1)Cc1ccc(C(F)(F)F)o1. The molecule has 44 heavy (non-hydrogen) atoms. The number of aryl methyl sites for hydroxylation is 2. The Kier molecular flexibility index (Phi) is 8.71. The zero-order valence-corrected chi connectivity index (χ0v) is 24.8. The van der Waals surface area contributed by atoms with Crippen LogP contribution in [-0.4, -0.2) is 26.8 Å². The lowest BCUT2D eigenvalue weighted by molar-refractivity contribution is -0.386. The van der Waals surface area contributed by atoms with E-state index >= 15 is 0 Å². The summed E-state index contributed by atoms with van der Waals surface area (Å²) in [6, 6.07) is 17.7. The minimum Gasteiger partial charge on any atom is -0.481 e. The summed E-state index contributed by atoms with van der Waals surface area (Å²) < 4.78 is 44.6. The molecule has 4 aromatic rings. The first-order chi connectivity index (χ1) is 20.5. The highest BCUT2D eigenvalue weighted by atomic mass is 19.4. The number of aliphatic carboxylic acids is 1. The molecule has 230 valence electrons. The summed E-state index contributed by atoms with van der Waals surface area (Å²) in [6.45, 7) is 7.59. The quantitative estimate of drug-likeness (QED) is 0.152. The third kappa shape index (κ3) is 6.51. The minimum absolute atomic E-state index is 0.0339. The van der Waals surface area contributed by atoms with Crippen molar-refractivity contribution in [2.75, 3.05) is 0 Å². The van der Waals surface area contributed by atoms with Crippen LogP contribution in [0.1, 0.15) is 63.5 Å². The van der Waals surface area contributed by atoms with Crippen LogP contribution in [0.5, 0.6) is 0 Å². The van der Waals surface area contributed by atoms with Crippen molar-refractivity contribution in [3.63, 3.8) is 0 Å². The number of carboxylic acid groups (broad SMARTS) is 1. The zero-order valence-electron chi connectivity index (χ0n) is 24.8. The van der Waals surface area contributed by atoms with Crippen LogP contribution in [0.2, 0.25) is 0 Å². The Labute approximate surface area is 251 Å². The standard InChI is InChI=1S/C33H31F3N2O6/c1-19-15-20(2)29(38(42)43)21(3)28(19)30(39)37(18-26-13-14-27(44-26)33(34,35)36)17-22-9-11-23(12-10-22)24-7-6-8-25(16-24)32(4,5)31(40)41/h6-16H,17-18H2,1-5H3,(H,40,41). The lowest BCUT2D eigenvalue weighted by Gasteiger charge is -2.24. The van der Waals surface area contributed by atoms with E-state index in [0.29, 0.717) is 22.3 Å². The number of carboxylic acids is 1. The summed E-state index contributed by atoms with van der Waals surface area (Å²) >= 11 is 0. The van der Waals surface area contributed by atoms with Gasteiger partial charge in [-0.2, -0.15) is 13.2 Å². The molecule has 1 aromatic heterocycles. The van der Waals surface area contributed by atoms with Gasteiger partial charge in [0.2, 0.25) is 5.76 Å². The van der Waals surface area contributed by atoms with Gasteiger partial charge in [0, 0.05) is 17.7 Å². The fraction of sp³-hybridized carbons (Fsp3) is 0.273. The largest absolute Gasteiger partial charge is 0.481 e. The van der Waals surface area contributed by atoms with Gasteiger partial charge in [-0.15, -0.1) is 0 Å². The summed E-state index contributed by atoms with van der Waals surface area (Å²) in [6.07, 6.45) is -4.70. The van der Waals surface area contributed by atoms with Gasteiger partial charge < -0.3 is 14.4 Å². The molecule has 0 aliphatic carbocycles. The van der Waals surface area contributed by atoms with Gasteiger partial charge in [0.05, 0.1) is 22.4 Å². The van der Waals surface area contributed by atoms with Crippen molar-refractivity contribution in [3.8, 4) is 11.1 Å². The number of carbonyl (C=O) groups is 2. The molecular formula is C33H31F3N2O6. The average molecular weight is 609 g/mol. The van der Waals surface area contributed by atoms with E-state index in [0.717, 1.165) is 23.3 Å². The number of halogens is 3. The molecular weight excluding hydrogens is 577 g/mol. The Morgan fingerprint density at radius 2 is 1.57 bits per heavy atom. The van der Waals surface area contributed by atoms with E-state index in [1.54, 1.807) is 76.2 Å². The summed E-state index contributed by atoms with van der Waals surface area (Å²) in [7, 11) is 0. The topological polar surface area (TPSA) is 114 Å². The first-order valence-electron chi connectivity index (χ1n) is 13.6. The van der Waals surface area contributed by atoms with Gasteiger partial charge in [-0.1, -0.05) is 48.5 Å². The average Bonchev–Trinajstić information content (AvgIpc) is 3.42. The van der Waals surface area contributed by atoms with E-state index < -0.39 is 34.2 Å². The third-order valence-electron chi connectivity index (χ3n) is 7.68. The second-order valence-electron chi connectivity index (χ2n) is 11.2. The highest BCUT2D eigenvalue weighted by Gasteiger charge is 2.35.